The van der Waals surface area contributed by atoms with Crippen molar-refractivity contribution in [1.82, 2.24) is 34.5 Å². The van der Waals surface area contributed by atoms with Gasteiger partial charge in [-0.1, -0.05) is 17.3 Å². The number of sulfonamides is 1. The molecule has 2 aromatic heterocycles. The molecule has 1 saturated carbocycles. The highest BCUT2D eigenvalue weighted by molar-refractivity contribution is 7.89. The summed E-state index contributed by atoms with van der Waals surface area (Å²) in [4.78, 5) is 18.2. The number of terminal acetylenes is 1. The number of halogens is 2. The van der Waals surface area contributed by atoms with Gasteiger partial charge in [-0.3, -0.25) is 0 Å². The van der Waals surface area contributed by atoms with E-state index in [1.165, 1.54) is 16.9 Å². The van der Waals surface area contributed by atoms with Crippen LogP contribution in [0.3, 0.4) is 0 Å². The molecule has 12 nitrogen and oxygen atoms in total. The van der Waals surface area contributed by atoms with Crippen LogP contribution in [0.4, 0.5) is 19.3 Å². The third-order valence-electron chi connectivity index (χ3n) is 7.43. The van der Waals surface area contributed by atoms with Crippen LogP contribution in [0.25, 0.3) is 16.0 Å². The predicted molar refractivity (Wildman–Crippen MR) is 142 cm³/mol. The molecule has 2 N–H and O–H groups in total. The normalized spacial score (nSPS) is 20.9. The summed E-state index contributed by atoms with van der Waals surface area (Å²) in [6, 6.07) is 2.83. The number of nitrogens with zero attached hydrogens (tertiary/aromatic N) is 7. The SMILES string of the molecule is C#CC1(NS(=O)(=O)c2cc(N3CCN(C(=O)N4CC[C@H](O)C4)CC3)c3cnn(-c4nnc(C(F)F)s4)c3c2)CC1. The lowest BCUT2D eigenvalue weighted by molar-refractivity contribution is 0.144. The van der Waals surface area contributed by atoms with Gasteiger partial charge >= 0.3 is 6.03 Å². The molecular weight excluding hydrogens is 566 g/mol. The number of benzene rings is 1. The molecule has 6 rings (SSSR count). The van der Waals surface area contributed by atoms with Crippen LogP contribution in [0.2, 0.25) is 0 Å². The van der Waals surface area contributed by atoms with Crippen LogP contribution < -0.4 is 9.62 Å². The number of likely N-dealkylation sites (tertiary alicyclic amines) is 1. The Labute approximate surface area is 232 Å². The predicted octanol–water partition coefficient (Wildman–Crippen LogP) is 1.57. The molecule has 2 aliphatic heterocycles. The van der Waals surface area contributed by atoms with Crippen molar-refractivity contribution in [2.45, 2.75) is 42.2 Å². The van der Waals surface area contributed by atoms with Crippen LogP contribution in [0.1, 0.15) is 30.7 Å². The summed E-state index contributed by atoms with van der Waals surface area (Å²) in [5.74, 6) is 2.52. The van der Waals surface area contributed by atoms with E-state index in [2.05, 4.69) is 25.9 Å². The Morgan fingerprint density at radius 1 is 1.18 bits per heavy atom. The van der Waals surface area contributed by atoms with E-state index in [-0.39, 0.29) is 16.1 Å². The smallest absolute Gasteiger partial charge is 0.320 e. The summed E-state index contributed by atoms with van der Waals surface area (Å²) in [5.41, 5.74) is -0.00345. The second kappa shape index (κ2) is 9.91. The third kappa shape index (κ3) is 4.87. The number of aliphatic hydroxyl groups is 1. The summed E-state index contributed by atoms with van der Waals surface area (Å²) in [6.45, 7) is 2.44. The van der Waals surface area contributed by atoms with E-state index in [0.29, 0.717) is 86.5 Å². The van der Waals surface area contributed by atoms with E-state index in [1.54, 1.807) is 15.9 Å². The van der Waals surface area contributed by atoms with Gasteiger partial charge in [-0.05, 0) is 31.4 Å². The second-order valence-corrected chi connectivity index (χ2v) is 12.8. The number of anilines is 1. The average Bonchev–Trinajstić information content (AvgIpc) is 3.30. The molecule has 2 saturated heterocycles. The van der Waals surface area contributed by atoms with Gasteiger partial charge in [0.25, 0.3) is 6.43 Å². The fourth-order valence-corrected chi connectivity index (χ4v) is 7.12. The number of piperazine rings is 1. The van der Waals surface area contributed by atoms with Crippen molar-refractivity contribution in [3.05, 3.63) is 23.3 Å². The number of alkyl halides is 2. The Kier molecular flexibility index (Phi) is 6.64. The Balaban J connectivity index is 1.35. The van der Waals surface area contributed by atoms with Crippen LogP contribution in [-0.2, 0) is 10.0 Å². The molecule has 16 heteroatoms. The lowest BCUT2D eigenvalue weighted by Crippen LogP contribution is -2.52. The number of nitrogens with one attached hydrogen (secondary N) is 1. The minimum Gasteiger partial charge on any atom is -0.391 e. The van der Waals surface area contributed by atoms with Crippen LogP contribution >= 0.6 is 11.3 Å². The molecule has 40 heavy (non-hydrogen) atoms. The molecule has 3 aliphatic rings. The van der Waals surface area contributed by atoms with Gasteiger partial charge in [0.15, 0.2) is 5.01 Å². The number of amides is 2. The molecule has 3 aromatic rings. The van der Waals surface area contributed by atoms with Gasteiger partial charge in [0.1, 0.15) is 0 Å². The summed E-state index contributed by atoms with van der Waals surface area (Å²) < 4.78 is 57.2. The van der Waals surface area contributed by atoms with Gasteiger partial charge in [-0.2, -0.15) is 9.82 Å². The number of hydrogen-bond donors (Lipinski definition) is 2. The zero-order valence-electron chi connectivity index (χ0n) is 21.2. The van der Waals surface area contributed by atoms with E-state index in [0.717, 1.165) is 0 Å². The molecule has 1 aliphatic carbocycles. The first-order valence-corrected chi connectivity index (χ1v) is 15.0. The molecule has 0 radical (unpaired) electrons. The standard InChI is InChI=1S/C24H26F2N8O4S2/c1-2-24(4-5-24)30-40(37,38)16-11-18(31-7-9-32(10-8-31)23(36)33-6-3-15(35)14-33)17-13-27-34(19(17)12-16)22-29-28-21(39-22)20(25)26/h1,11-13,15,20,30,35H,3-10,14H2/t15-/m0/s1. The van der Waals surface area contributed by atoms with Crippen molar-refractivity contribution < 1.29 is 27.1 Å². The minimum atomic E-state index is -4.05. The maximum Gasteiger partial charge on any atom is 0.320 e. The Hall–Kier alpha value is -3.39. The summed E-state index contributed by atoms with van der Waals surface area (Å²) in [7, 11) is -4.05. The van der Waals surface area contributed by atoms with Crippen LogP contribution in [0, 0.1) is 12.3 Å². The minimum absolute atomic E-state index is 0.0542. The Morgan fingerprint density at radius 2 is 1.93 bits per heavy atom. The number of rotatable bonds is 6. The molecule has 0 unspecified atom stereocenters. The van der Waals surface area contributed by atoms with E-state index >= 15 is 0 Å². The molecule has 4 heterocycles. The fraction of sp³-hybridized carbons (Fsp3) is 0.500. The van der Waals surface area contributed by atoms with Gasteiger partial charge < -0.3 is 19.8 Å². The summed E-state index contributed by atoms with van der Waals surface area (Å²) in [5, 5.41) is 21.7. The monoisotopic (exact) mass is 592 g/mol. The molecule has 0 spiro atoms. The average molecular weight is 593 g/mol. The molecule has 2 amide bonds. The fourth-order valence-electron chi connectivity index (χ4n) is 5.02. The van der Waals surface area contributed by atoms with Crippen molar-refractivity contribution in [2.75, 3.05) is 44.2 Å². The highest BCUT2D eigenvalue weighted by Gasteiger charge is 2.45. The third-order valence-corrected chi connectivity index (χ3v) is 9.85. The number of aromatic nitrogens is 4. The molecule has 1 atom stereocenters. The lowest BCUT2D eigenvalue weighted by Gasteiger charge is -2.38. The first kappa shape index (κ1) is 26.8. The quantitative estimate of drug-likeness (QED) is 0.412. The maximum absolute atomic E-state index is 13.4. The Bertz CT molecular complexity index is 1610. The molecule has 212 valence electrons. The topological polar surface area (TPSA) is 137 Å². The Morgan fingerprint density at radius 3 is 2.52 bits per heavy atom. The number of β-amino-alcohol motifs (C(OH)–C–C–N with tert-alkyl or cyclic N) is 1. The maximum atomic E-state index is 13.4. The van der Waals surface area contributed by atoms with E-state index in [9.17, 15) is 27.1 Å². The lowest BCUT2D eigenvalue weighted by atomic mass is 10.1. The van der Waals surface area contributed by atoms with E-state index in [1.807, 2.05) is 4.90 Å². The molecule has 1 aromatic carbocycles. The van der Waals surface area contributed by atoms with Crippen LogP contribution in [0.5, 0.6) is 0 Å². The number of hydrogen-bond acceptors (Lipinski definition) is 9. The number of carbonyl (C=O) groups excluding carboxylic acids is 1. The van der Waals surface area contributed by atoms with Crippen molar-refractivity contribution in [3.63, 3.8) is 0 Å². The van der Waals surface area contributed by atoms with E-state index in [4.69, 9.17) is 6.42 Å². The van der Waals surface area contributed by atoms with Crippen LogP contribution in [0.15, 0.2) is 23.2 Å². The van der Waals surface area contributed by atoms with Crippen molar-refractivity contribution in [2.24, 2.45) is 0 Å². The largest absolute Gasteiger partial charge is 0.391 e. The van der Waals surface area contributed by atoms with Gasteiger partial charge in [0.2, 0.25) is 15.2 Å². The first-order valence-electron chi connectivity index (χ1n) is 12.7. The zero-order chi connectivity index (χ0) is 28.2. The van der Waals surface area contributed by atoms with Crippen molar-refractivity contribution in [3.8, 4) is 17.5 Å². The number of carbonyl (C=O) groups is 1. The first-order chi connectivity index (χ1) is 19.1. The summed E-state index contributed by atoms with van der Waals surface area (Å²) >= 11 is 0.664. The number of urea groups is 1. The second-order valence-electron chi connectivity index (χ2n) is 10.1. The van der Waals surface area contributed by atoms with Gasteiger partial charge in [0.05, 0.1) is 28.3 Å². The number of aliphatic hydroxyl groups excluding tert-OH is 1. The highest BCUT2D eigenvalue weighted by Crippen LogP contribution is 2.38. The van der Waals surface area contributed by atoms with Gasteiger partial charge in [-0.25, -0.2) is 26.7 Å². The van der Waals surface area contributed by atoms with Crippen molar-refractivity contribution in [1.29, 1.82) is 0 Å². The van der Waals surface area contributed by atoms with E-state index < -0.39 is 33.1 Å². The number of fused-ring (bicyclic) bond motifs is 1. The molecule has 0 bridgehead atoms. The van der Waals surface area contributed by atoms with Gasteiger partial charge in [-0.15, -0.1) is 16.6 Å². The molecule has 3 fully saturated rings. The highest BCUT2D eigenvalue weighted by atomic mass is 32.2. The van der Waals surface area contributed by atoms with Gasteiger partial charge in [0, 0.05) is 50.3 Å². The van der Waals surface area contributed by atoms with Crippen molar-refractivity contribution >= 4 is 44.0 Å². The molecular formula is C24H26F2N8O4S2. The summed E-state index contributed by atoms with van der Waals surface area (Å²) in [6.07, 6.45) is 5.40. The zero-order valence-corrected chi connectivity index (χ0v) is 22.8. The van der Waals surface area contributed by atoms with Crippen LogP contribution in [-0.4, -0.2) is 100 Å².